The van der Waals surface area contributed by atoms with Gasteiger partial charge in [-0.3, -0.25) is 0 Å². The monoisotopic (exact) mass is 329 g/mol. The summed E-state index contributed by atoms with van der Waals surface area (Å²) >= 11 is 11.8. The maximum Gasteiger partial charge on any atom is 0.321 e. The second-order valence-electron chi connectivity index (χ2n) is 5.30. The molecule has 1 aromatic rings. The Morgan fingerprint density at radius 2 is 2.24 bits per heavy atom. The summed E-state index contributed by atoms with van der Waals surface area (Å²) in [6.45, 7) is 4.59. The molecule has 1 fully saturated rings. The molecule has 21 heavy (non-hydrogen) atoms. The van der Waals surface area contributed by atoms with E-state index >= 15 is 0 Å². The number of rotatable bonds is 5. The molecular weight excluding hydrogens is 309 g/mol. The van der Waals surface area contributed by atoms with Crippen LogP contribution < -0.4 is 10.6 Å². The second kappa shape index (κ2) is 7.87. The minimum Gasteiger partial charge on any atom is -0.323 e. The van der Waals surface area contributed by atoms with Gasteiger partial charge in [-0.15, -0.1) is 0 Å². The molecule has 1 aliphatic heterocycles. The Kier molecular flexibility index (Phi) is 6.15. The summed E-state index contributed by atoms with van der Waals surface area (Å²) in [6.07, 6.45) is 3.24. The van der Waals surface area contributed by atoms with E-state index in [1.165, 1.54) is 6.42 Å². The summed E-state index contributed by atoms with van der Waals surface area (Å²) in [5, 5.41) is 7.23. The number of halogens is 2. The molecule has 2 amide bonds. The van der Waals surface area contributed by atoms with Crippen LogP contribution >= 0.6 is 23.2 Å². The Hall–Kier alpha value is -0.970. The molecule has 6 heteroatoms. The van der Waals surface area contributed by atoms with Crippen molar-refractivity contribution in [3.05, 3.63) is 28.2 Å². The van der Waals surface area contributed by atoms with Gasteiger partial charge in [-0.25, -0.2) is 4.79 Å². The molecule has 1 unspecified atom stereocenters. The van der Waals surface area contributed by atoms with Crippen molar-refractivity contribution in [1.29, 1.82) is 0 Å². The van der Waals surface area contributed by atoms with Gasteiger partial charge in [-0.1, -0.05) is 30.1 Å². The molecule has 1 aliphatic rings. The van der Waals surface area contributed by atoms with E-state index in [0.717, 1.165) is 32.5 Å². The number of anilines is 1. The molecule has 0 aromatic heterocycles. The van der Waals surface area contributed by atoms with Gasteiger partial charge in [0.25, 0.3) is 0 Å². The fourth-order valence-electron chi connectivity index (χ4n) is 2.50. The van der Waals surface area contributed by atoms with Crippen molar-refractivity contribution in [2.75, 3.05) is 25.0 Å². The fraction of sp³-hybridized carbons (Fsp3) is 0.533. The minimum absolute atomic E-state index is 0.0936. The number of carbonyl (C=O) groups is 1. The molecule has 1 aromatic carbocycles. The van der Waals surface area contributed by atoms with Crippen LogP contribution in [-0.2, 0) is 0 Å². The zero-order valence-electron chi connectivity index (χ0n) is 12.2. The van der Waals surface area contributed by atoms with E-state index in [1.54, 1.807) is 18.2 Å². The lowest BCUT2D eigenvalue weighted by Crippen LogP contribution is -2.43. The third-order valence-electron chi connectivity index (χ3n) is 3.55. The number of carbonyl (C=O) groups excluding carboxylic acids is 1. The highest BCUT2D eigenvalue weighted by Crippen LogP contribution is 2.25. The van der Waals surface area contributed by atoms with Gasteiger partial charge in [-0.05, 0) is 44.0 Å². The Bertz CT molecular complexity index is 490. The number of urea groups is 1. The highest BCUT2D eigenvalue weighted by Gasteiger charge is 2.21. The van der Waals surface area contributed by atoms with E-state index in [0.29, 0.717) is 21.8 Å². The van der Waals surface area contributed by atoms with Crippen molar-refractivity contribution in [2.45, 2.75) is 32.2 Å². The van der Waals surface area contributed by atoms with Gasteiger partial charge in [0.05, 0.1) is 10.0 Å². The van der Waals surface area contributed by atoms with Crippen LogP contribution in [0.15, 0.2) is 18.2 Å². The van der Waals surface area contributed by atoms with Gasteiger partial charge in [0, 0.05) is 24.8 Å². The van der Waals surface area contributed by atoms with Gasteiger partial charge in [0.15, 0.2) is 0 Å². The lowest BCUT2D eigenvalue weighted by Gasteiger charge is -2.25. The van der Waals surface area contributed by atoms with Crippen LogP contribution in [-0.4, -0.2) is 36.6 Å². The third kappa shape index (κ3) is 4.77. The predicted molar refractivity (Wildman–Crippen MR) is 88.4 cm³/mol. The van der Waals surface area contributed by atoms with E-state index in [9.17, 15) is 4.79 Å². The van der Waals surface area contributed by atoms with Crippen LogP contribution in [0.25, 0.3) is 0 Å². The minimum atomic E-state index is -0.0936. The van der Waals surface area contributed by atoms with Crippen LogP contribution in [0.2, 0.25) is 10.0 Å². The summed E-state index contributed by atoms with van der Waals surface area (Å²) in [5.74, 6) is 0. The van der Waals surface area contributed by atoms with Crippen molar-refractivity contribution in [1.82, 2.24) is 10.2 Å². The molecule has 4 nitrogen and oxygen atoms in total. The van der Waals surface area contributed by atoms with Crippen molar-refractivity contribution in [3.8, 4) is 0 Å². The van der Waals surface area contributed by atoms with Crippen molar-refractivity contribution in [3.63, 3.8) is 0 Å². The number of benzene rings is 1. The fourth-order valence-corrected chi connectivity index (χ4v) is 2.80. The molecule has 1 atom stereocenters. The van der Waals surface area contributed by atoms with Crippen molar-refractivity contribution < 1.29 is 4.79 Å². The first-order valence-corrected chi connectivity index (χ1v) is 8.10. The Labute approximate surface area is 135 Å². The lowest BCUT2D eigenvalue weighted by atomic mass is 10.2. The molecule has 2 rings (SSSR count). The first kappa shape index (κ1) is 16.4. The van der Waals surface area contributed by atoms with Gasteiger partial charge in [0.2, 0.25) is 0 Å². The summed E-state index contributed by atoms with van der Waals surface area (Å²) < 4.78 is 0. The van der Waals surface area contributed by atoms with E-state index in [-0.39, 0.29) is 6.03 Å². The molecule has 1 heterocycles. The Morgan fingerprint density at radius 1 is 1.43 bits per heavy atom. The summed E-state index contributed by atoms with van der Waals surface area (Å²) in [7, 11) is 0. The molecule has 0 saturated carbocycles. The lowest BCUT2D eigenvalue weighted by molar-refractivity contribution is 0.206. The van der Waals surface area contributed by atoms with Gasteiger partial charge < -0.3 is 15.5 Å². The van der Waals surface area contributed by atoms with Crippen LogP contribution in [0.4, 0.5) is 10.5 Å². The van der Waals surface area contributed by atoms with E-state index in [4.69, 9.17) is 23.2 Å². The van der Waals surface area contributed by atoms with Gasteiger partial charge >= 0.3 is 6.03 Å². The predicted octanol–water partition coefficient (Wildman–Crippen LogP) is 3.99. The molecule has 0 aliphatic carbocycles. The van der Waals surface area contributed by atoms with Gasteiger partial charge in [-0.2, -0.15) is 0 Å². The summed E-state index contributed by atoms with van der Waals surface area (Å²) in [6, 6.07) is 5.41. The maximum absolute atomic E-state index is 12.4. The topological polar surface area (TPSA) is 44.4 Å². The highest BCUT2D eigenvalue weighted by molar-refractivity contribution is 6.42. The SMILES string of the molecule is CCCN(CC1CCCN1)C(=O)Nc1ccc(Cl)c(Cl)c1. The van der Waals surface area contributed by atoms with Crippen LogP contribution in [0.1, 0.15) is 26.2 Å². The molecular formula is C15H21Cl2N3O. The number of nitrogens with one attached hydrogen (secondary N) is 2. The Morgan fingerprint density at radius 3 is 2.86 bits per heavy atom. The summed E-state index contributed by atoms with van der Waals surface area (Å²) in [4.78, 5) is 14.3. The number of hydrogen-bond acceptors (Lipinski definition) is 2. The average molecular weight is 330 g/mol. The average Bonchev–Trinajstić information content (AvgIpc) is 2.95. The van der Waals surface area contributed by atoms with Crippen LogP contribution in [0.3, 0.4) is 0 Å². The maximum atomic E-state index is 12.4. The summed E-state index contributed by atoms with van der Waals surface area (Å²) in [5.41, 5.74) is 0.662. The molecule has 0 radical (unpaired) electrons. The second-order valence-corrected chi connectivity index (χ2v) is 6.11. The molecule has 1 saturated heterocycles. The van der Waals surface area contributed by atoms with E-state index in [2.05, 4.69) is 17.6 Å². The van der Waals surface area contributed by atoms with E-state index in [1.807, 2.05) is 4.90 Å². The van der Waals surface area contributed by atoms with Crippen molar-refractivity contribution >= 4 is 34.9 Å². The number of amides is 2. The smallest absolute Gasteiger partial charge is 0.321 e. The van der Waals surface area contributed by atoms with Crippen LogP contribution in [0, 0.1) is 0 Å². The molecule has 0 spiro atoms. The standard InChI is InChI=1S/C15H21Cl2N3O/c1-2-8-20(10-12-4-3-7-18-12)15(21)19-11-5-6-13(16)14(17)9-11/h5-6,9,12,18H,2-4,7-8,10H2,1H3,(H,19,21). The molecule has 0 bridgehead atoms. The highest BCUT2D eigenvalue weighted by atomic mass is 35.5. The number of hydrogen-bond donors (Lipinski definition) is 2. The normalized spacial score (nSPS) is 17.8. The first-order valence-electron chi connectivity index (χ1n) is 7.34. The first-order chi connectivity index (χ1) is 10.1. The molecule has 116 valence electrons. The zero-order chi connectivity index (χ0) is 15.2. The Balaban J connectivity index is 1.98. The van der Waals surface area contributed by atoms with Crippen LogP contribution in [0.5, 0.6) is 0 Å². The number of nitrogens with zero attached hydrogens (tertiary/aromatic N) is 1. The third-order valence-corrected chi connectivity index (χ3v) is 4.29. The van der Waals surface area contributed by atoms with Gasteiger partial charge in [0.1, 0.15) is 0 Å². The quantitative estimate of drug-likeness (QED) is 0.857. The van der Waals surface area contributed by atoms with E-state index < -0.39 is 0 Å². The van der Waals surface area contributed by atoms with Crippen molar-refractivity contribution in [2.24, 2.45) is 0 Å². The molecule has 2 N–H and O–H groups in total. The zero-order valence-corrected chi connectivity index (χ0v) is 13.7. The largest absolute Gasteiger partial charge is 0.323 e.